The standard InChI is InChI=1S/C34H38F2N8O2/c1-20-17-26-31(30(36)29(20)23-10-9-21(2)38-19-23)39-34(46-22(3)27-7-6-15-42(27)4)32-33(26)44(41-40-32)25-12-16-43(24(18-25)11-14-37)28(45)8-5-13-35/h5,8-10,17,19,22,24-25,27H,6-7,11-13,15-16,18H2,1-4H3/b8-5+/t22-,24+,25-,27-/m0/s1. The number of pyridine rings is 2. The number of amides is 1. The summed E-state index contributed by atoms with van der Waals surface area (Å²) in [4.78, 5) is 25.8. The molecule has 1 amide bonds. The number of aryl methyl sites for hydroxylation is 2. The van der Waals surface area contributed by atoms with Crippen molar-refractivity contribution in [1.29, 1.82) is 5.26 Å². The van der Waals surface area contributed by atoms with Crippen molar-refractivity contribution >= 4 is 27.8 Å². The molecular formula is C34H38F2N8O2. The molecule has 0 N–H and O–H groups in total. The van der Waals surface area contributed by atoms with Crippen molar-refractivity contribution in [2.24, 2.45) is 0 Å². The monoisotopic (exact) mass is 628 g/mol. The molecule has 6 rings (SSSR count). The molecule has 10 nitrogen and oxygen atoms in total. The summed E-state index contributed by atoms with van der Waals surface area (Å²) in [5.41, 5.74) is 3.80. The Bertz CT molecular complexity index is 1830. The van der Waals surface area contributed by atoms with Crippen LogP contribution in [0, 0.1) is 31.0 Å². The maximum absolute atomic E-state index is 16.7. The first-order valence-corrected chi connectivity index (χ1v) is 15.8. The summed E-state index contributed by atoms with van der Waals surface area (Å²) >= 11 is 0. The number of likely N-dealkylation sites (tertiary alicyclic amines) is 2. The summed E-state index contributed by atoms with van der Waals surface area (Å²) in [7, 11) is 2.07. The first-order valence-electron chi connectivity index (χ1n) is 15.8. The molecule has 5 heterocycles. The molecule has 12 heteroatoms. The minimum atomic E-state index is -0.741. The molecule has 0 saturated carbocycles. The first kappa shape index (κ1) is 31.5. The van der Waals surface area contributed by atoms with Crippen molar-refractivity contribution < 1.29 is 18.3 Å². The number of halogens is 2. The molecular weight excluding hydrogens is 590 g/mol. The SMILES string of the molecule is Cc1ccc(-c2c(C)cc3c(nc(O[C@@H](C)[C@@H]4CCCN4C)c4nnn([C@H]5CCN(C(=O)/C=C/CF)[C@H](CC#N)C5)c43)c2F)cn1. The van der Waals surface area contributed by atoms with Gasteiger partial charge in [-0.2, -0.15) is 5.26 Å². The van der Waals surface area contributed by atoms with Gasteiger partial charge >= 0.3 is 0 Å². The molecule has 0 spiro atoms. The lowest BCUT2D eigenvalue weighted by molar-refractivity contribution is -0.130. The third-order valence-corrected chi connectivity index (χ3v) is 9.41. The van der Waals surface area contributed by atoms with E-state index < -0.39 is 18.5 Å². The molecule has 0 aliphatic carbocycles. The van der Waals surface area contributed by atoms with Crippen molar-refractivity contribution in [3.8, 4) is 23.1 Å². The van der Waals surface area contributed by atoms with E-state index >= 15 is 4.39 Å². The molecule has 4 atom stereocenters. The summed E-state index contributed by atoms with van der Waals surface area (Å²) in [6.45, 7) is 6.33. The second kappa shape index (κ2) is 13.1. The van der Waals surface area contributed by atoms with Gasteiger partial charge in [-0.15, -0.1) is 5.10 Å². The Labute approximate surface area is 266 Å². The number of nitrogens with zero attached hydrogens (tertiary/aromatic N) is 8. The Balaban J connectivity index is 1.48. The number of hydrogen-bond acceptors (Lipinski definition) is 8. The number of rotatable bonds is 8. The van der Waals surface area contributed by atoms with Crippen LogP contribution in [0.3, 0.4) is 0 Å². The first-order chi connectivity index (χ1) is 22.2. The van der Waals surface area contributed by atoms with E-state index in [9.17, 15) is 14.4 Å². The van der Waals surface area contributed by atoms with Crippen molar-refractivity contribution in [2.45, 2.75) is 77.1 Å². The van der Waals surface area contributed by atoms with E-state index in [0.717, 1.165) is 25.1 Å². The fraction of sp³-hybridized carbons (Fsp3) is 0.471. The molecule has 2 saturated heterocycles. The van der Waals surface area contributed by atoms with Gasteiger partial charge in [0.15, 0.2) is 11.3 Å². The lowest BCUT2D eigenvalue weighted by Crippen LogP contribution is -2.46. The van der Waals surface area contributed by atoms with Gasteiger partial charge in [-0.05, 0) is 83.8 Å². The predicted molar refractivity (Wildman–Crippen MR) is 170 cm³/mol. The lowest BCUT2D eigenvalue weighted by atomic mass is 9.94. The Hall–Kier alpha value is -4.50. The molecule has 4 aromatic rings. The number of ether oxygens (including phenoxy) is 1. The molecule has 46 heavy (non-hydrogen) atoms. The predicted octanol–water partition coefficient (Wildman–Crippen LogP) is 5.63. The molecule has 3 aromatic heterocycles. The topological polar surface area (TPSA) is 113 Å². The summed E-state index contributed by atoms with van der Waals surface area (Å²) < 4.78 is 37.7. The Kier molecular flexibility index (Phi) is 8.95. The average Bonchev–Trinajstić information content (AvgIpc) is 3.69. The molecule has 0 radical (unpaired) electrons. The second-order valence-electron chi connectivity index (χ2n) is 12.4. The highest BCUT2D eigenvalue weighted by molar-refractivity contribution is 6.06. The third kappa shape index (κ3) is 5.80. The lowest BCUT2D eigenvalue weighted by Gasteiger charge is -2.38. The number of fused-ring (bicyclic) bond motifs is 3. The number of nitriles is 1. The maximum atomic E-state index is 16.7. The number of hydrogen-bond donors (Lipinski definition) is 0. The highest BCUT2D eigenvalue weighted by Crippen LogP contribution is 2.40. The zero-order valence-corrected chi connectivity index (χ0v) is 26.6. The van der Waals surface area contributed by atoms with Gasteiger partial charge in [0, 0.05) is 53.1 Å². The largest absolute Gasteiger partial charge is 0.471 e. The zero-order chi connectivity index (χ0) is 32.5. The Morgan fingerprint density at radius 1 is 1.24 bits per heavy atom. The normalized spacial score (nSPS) is 21.3. The van der Waals surface area contributed by atoms with E-state index in [4.69, 9.17) is 9.72 Å². The quantitative estimate of drug-likeness (QED) is 0.231. The van der Waals surface area contributed by atoms with Crippen molar-refractivity contribution in [1.82, 2.24) is 34.8 Å². The molecule has 2 fully saturated rings. The van der Waals surface area contributed by atoms with Crippen LogP contribution in [0.1, 0.15) is 56.3 Å². The third-order valence-electron chi connectivity index (χ3n) is 9.41. The van der Waals surface area contributed by atoms with Crippen LogP contribution < -0.4 is 4.74 Å². The number of benzene rings is 1. The van der Waals surface area contributed by atoms with Crippen LogP contribution in [-0.4, -0.2) is 85.7 Å². The average molecular weight is 629 g/mol. The van der Waals surface area contributed by atoms with Gasteiger partial charge in [0.25, 0.3) is 0 Å². The molecule has 0 bridgehead atoms. The van der Waals surface area contributed by atoms with Crippen molar-refractivity contribution in [3.63, 3.8) is 0 Å². The fourth-order valence-corrected chi connectivity index (χ4v) is 7.07. The minimum Gasteiger partial charge on any atom is -0.471 e. The van der Waals surface area contributed by atoms with E-state index in [2.05, 4.69) is 33.3 Å². The minimum absolute atomic E-state index is 0.114. The highest BCUT2D eigenvalue weighted by Gasteiger charge is 2.35. The Morgan fingerprint density at radius 3 is 2.76 bits per heavy atom. The van der Waals surface area contributed by atoms with Crippen LogP contribution in [0.2, 0.25) is 0 Å². The van der Waals surface area contributed by atoms with Gasteiger partial charge in [0.1, 0.15) is 23.8 Å². The van der Waals surface area contributed by atoms with E-state index in [1.54, 1.807) is 15.8 Å². The molecule has 0 unspecified atom stereocenters. The Morgan fingerprint density at radius 2 is 2.07 bits per heavy atom. The summed E-state index contributed by atoms with van der Waals surface area (Å²) in [5, 5.41) is 19.2. The molecule has 2 aliphatic rings. The van der Waals surface area contributed by atoms with Crippen molar-refractivity contribution in [3.05, 3.63) is 53.6 Å². The van der Waals surface area contributed by atoms with Gasteiger partial charge in [0.05, 0.1) is 18.5 Å². The van der Waals surface area contributed by atoms with Gasteiger partial charge in [0.2, 0.25) is 11.8 Å². The van der Waals surface area contributed by atoms with Crippen LogP contribution >= 0.6 is 0 Å². The van der Waals surface area contributed by atoms with Crippen molar-refractivity contribution in [2.75, 3.05) is 26.8 Å². The van der Waals surface area contributed by atoms with E-state index in [-0.39, 0.29) is 41.9 Å². The van der Waals surface area contributed by atoms with E-state index in [0.29, 0.717) is 52.5 Å². The van der Waals surface area contributed by atoms with Crippen LogP contribution in [-0.2, 0) is 4.79 Å². The van der Waals surface area contributed by atoms with Gasteiger partial charge in [-0.25, -0.2) is 18.4 Å². The van der Waals surface area contributed by atoms with Crippen LogP contribution in [0.4, 0.5) is 8.78 Å². The molecule has 1 aromatic carbocycles. The van der Waals surface area contributed by atoms with E-state index in [1.807, 2.05) is 39.0 Å². The van der Waals surface area contributed by atoms with Gasteiger partial charge < -0.3 is 9.64 Å². The maximum Gasteiger partial charge on any atom is 0.246 e. The second-order valence-corrected chi connectivity index (χ2v) is 12.4. The molecule has 2 aliphatic heterocycles. The molecule has 240 valence electrons. The van der Waals surface area contributed by atoms with Crippen LogP contribution in [0.15, 0.2) is 36.5 Å². The van der Waals surface area contributed by atoms with Crippen LogP contribution in [0.25, 0.3) is 33.1 Å². The number of carbonyl (C=O) groups is 1. The van der Waals surface area contributed by atoms with E-state index in [1.165, 1.54) is 12.2 Å². The number of allylic oxidation sites excluding steroid dienone is 1. The fourth-order valence-electron chi connectivity index (χ4n) is 7.07. The van der Waals surface area contributed by atoms with Gasteiger partial charge in [-0.1, -0.05) is 11.3 Å². The number of alkyl halides is 1. The summed E-state index contributed by atoms with van der Waals surface area (Å²) in [5.74, 6) is -0.588. The van der Waals surface area contributed by atoms with Crippen LogP contribution in [0.5, 0.6) is 5.88 Å². The smallest absolute Gasteiger partial charge is 0.246 e. The van der Waals surface area contributed by atoms with Gasteiger partial charge in [-0.3, -0.25) is 14.7 Å². The summed E-state index contributed by atoms with van der Waals surface area (Å²) in [6, 6.07) is 7.34. The number of piperidine rings is 1. The number of carbonyl (C=O) groups excluding carboxylic acids is 1. The summed E-state index contributed by atoms with van der Waals surface area (Å²) in [6.07, 6.45) is 6.94. The zero-order valence-electron chi connectivity index (χ0n) is 26.6. The highest BCUT2D eigenvalue weighted by atomic mass is 19.1. The number of likely N-dealkylation sites (N-methyl/N-ethyl adjacent to an activating group) is 1. The number of aromatic nitrogens is 5.